The molecule has 0 aromatic heterocycles. The van der Waals surface area contributed by atoms with Crippen molar-refractivity contribution >= 4 is 0 Å². The van der Waals surface area contributed by atoms with Crippen molar-refractivity contribution in [3.05, 3.63) is 65.2 Å². The van der Waals surface area contributed by atoms with E-state index in [-0.39, 0.29) is 0 Å². The summed E-state index contributed by atoms with van der Waals surface area (Å²) in [7, 11) is 0. The predicted molar refractivity (Wildman–Crippen MR) is 84.7 cm³/mol. The summed E-state index contributed by atoms with van der Waals surface area (Å²) in [5, 5.41) is 10.6. The van der Waals surface area contributed by atoms with Crippen LogP contribution in [0.3, 0.4) is 0 Å². The molecule has 2 heteroatoms. The van der Waals surface area contributed by atoms with Crippen LogP contribution in [0.1, 0.15) is 54.9 Å². The van der Waals surface area contributed by atoms with Gasteiger partial charge in [0.15, 0.2) is 0 Å². The number of aliphatic hydroxyl groups is 1. The molecule has 110 valence electrons. The molecule has 1 unspecified atom stereocenters. The lowest BCUT2D eigenvalue weighted by Crippen LogP contribution is -2.09. The molecular formula is C19H22O2. The van der Waals surface area contributed by atoms with E-state index in [1.807, 2.05) is 37.3 Å². The van der Waals surface area contributed by atoms with Crippen LogP contribution in [-0.2, 0) is 0 Å². The zero-order valence-electron chi connectivity index (χ0n) is 12.5. The molecule has 3 rings (SSSR count). The molecule has 1 aliphatic carbocycles. The van der Waals surface area contributed by atoms with E-state index in [0.29, 0.717) is 12.5 Å². The second kappa shape index (κ2) is 6.31. The molecule has 0 bridgehead atoms. The van der Waals surface area contributed by atoms with Crippen molar-refractivity contribution in [2.75, 3.05) is 6.61 Å². The van der Waals surface area contributed by atoms with E-state index in [4.69, 9.17) is 4.74 Å². The lowest BCUT2D eigenvalue weighted by atomic mass is 9.79. The van der Waals surface area contributed by atoms with E-state index in [2.05, 4.69) is 18.2 Å². The van der Waals surface area contributed by atoms with Gasteiger partial charge in [0.1, 0.15) is 11.9 Å². The van der Waals surface area contributed by atoms with Gasteiger partial charge in [-0.25, -0.2) is 0 Å². The van der Waals surface area contributed by atoms with Gasteiger partial charge in [-0.2, -0.15) is 0 Å². The van der Waals surface area contributed by atoms with Crippen molar-refractivity contribution in [1.82, 2.24) is 0 Å². The SMILES string of the molecule is CCOc1ccc(C(O)c2cccc(C3CCC3)c2)cc1. The van der Waals surface area contributed by atoms with Gasteiger partial charge >= 0.3 is 0 Å². The standard InChI is InChI=1S/C19H22O2/c1-2-21-18-11-9-15(10-12-18)19(20)17-8-4-7-16(13-17)14-5-3-6-14/h4,7-14,19-20H,2-3,5-6H2,1H3. The third-order valence-electron chi connectivity index (χ3n) is 4.31. The van der Waals surface area contributed by atoms with Gasteiger partial charge in [0, 0.05) is 0 Å². The smallest absolute Gasteiger partial charge is 0.119 e. The molecule has 0 radical (unpaired) electrons. The first-order chi connectivity index (χ1) is 10.3. The monoisotopic (exact) mass is 282 g/mol. The van der Waals surface area contributed by atoms with E-state index in [1.54, 1.807) is 0 Å². The Bertz CT molecular complexity index is 585. The Balaban J connectivity index is 1.78. The Hall–Kier alpha value is -1.80. The van der Waals surface area contributed by atoms with Crippen LogP contribution in [0.5, 0.6) is 5.75 Å². The lowest BCUT2D eigenvalue weighted by Gasteiger charge is -2.26. The molecule has 21 heavy (non-hydrogen) atoms. The second-order valence-corrected chi connectivity index (χ2v) is 5.70. The van der Waals surface area contributed by atoms with Gasteiger partial charge in [-0.15, -0.1) is 0 Å². The maximum atomic E-state index is 10.6. The highest BCUT2D eigenvalue weighted by Crippen LogP contribution is 2.37. The fourth-order valence-electron chi connectivity index (χ4n) is 2.83. The van der Waals surface area contributed by atoms with Crippen LogP contribution >= 0.6 is 0 Å². The molecule has 1 fully saturated rings. The zero-order valence-corrected chi connectivity index (χ0v) is 12.5. The molecule has 2 aromatic rings. The molecule has 0 amide bonds. The first-order valence-corrected chi connectivity index (χ1v) is 7.78. The average Bonchev–Trinajstić information content (AvgIpc) is 2.46. The number of benzene rings is 2. The Morgan fingerprint density at radius 2 is 1.86 bits per heavy atom. The Kier molecular flexibility index (Phi) is 4.26. The summed E-state index contributed by atoms with van der Waals surface area (Å²) in [6.45, 7) is 2.63. The van der Waals surface area contributed by atoms with Crippen molar-refractivity contribution in [3.8, 4) is 5.75 Å². The summed E-state index contributed by atoms with van der Waals surface area (Å²) in [4.78, 5) is 0. The highest BCUT2D eigenvalue weighted by molar-refractivity contribution is 5.36. The van der Waals surface area contributed by atoms with Gasteiger partial charge in [-0.3, -0.25) is 0 Å². The minimum absolute atomic E-state index is 0.569. The molecule has 1 atom stereocenters. The van der Waals surface area contributed by atoms with Crippen LogP contribution in [0.25, 0.3) is 0 Å². The number of hydrogen-bond donors (Lipinski definition) is 1. The van der Waals surface area contributed by atoms with E-state index in [9.17, 15) is 5.11 Å². The van der Waals surface area contributed by atoms with Gasteiger partial charge < -0.3 is 9.84 Å². The van der Waals surface area contributed by atoms with Crippen molar-refractivity contribution in [2.24, 2.45) is 0 Å². The van der Waals surface area contributed by atoms with Crippen LogP contribution in [0.2, 0.25) is 0 Å². The Morgan fingerprint density at radius 3 is 2.48 bits per heavy atom. The van der Waals surface area contributed by atoms with Crippen molar-refractivity contribution < 1.29 is 9.84 Å². The van der Waals surface area contributed by atoms with Crippen LogP contribution in [0, 0.1) is 0 Å². The van der Waals surface area contributed by atoms with Crippen LogP contribution < -0.4 is 4.74 Å². The van der Waals surface area contributed by atoms with E-state index < -0.39 is 6.10 Å². The molecule has 2 aromatic carbocycles. The molecule has 1 saturated carbocycles. The van der Waals surface area contributed by atoms with Crippen LogP contribution in [0.4, 0.5) is 0 Å². The molecule has 1 N–H and O–H groups in total. The summed E-state index contributed by atoms with van der Waals surface area (Å²) in [6.07, 6.45) is 3.32. The number of hydrogen-bond acceptors (Lipinski definition) is 2. The molecular weight excluding hydrogens is 260 g/mol. The van der Waals surface area contributed by atoms with Gasteiger partial charge in [0.25, 0.3) is 0 Å². The Labute approximate surface area is 126 Å². The highest BCUT2D eigenvalue weighted by Gasteiger charge is 2.20. The summed E-state index contributed by atoms with van der Waals surface area (Å²) in [5.41, 5.74) is 3.25. The first-order valence-electron chi connectivity index (χ1n) is 7.78. The third-order valence-corrected chi connectivity index (χ3v) is 4.31. The van der Waals surface area contributed by atoms with Crippen LogP contribution in [0.15, 0.2) is 48.5 Å². The molecule has 1 aliphatic rings. The first kappa shape index (κ1) is 14.2. The molecule has 0 heterocycles. The van der Waals surface area contributed by atoms with E-state index >= 15 is 0 Å². The molecule has 2 nitrogen and oxygen atoms in total. The van der Waals surface area contributed by atoms with Gasteiger partial charge in [-0.1, -0.05) is 42.8 Å². The van der Waals surface area contributed by atoms with Crippen molar-refractivity contribution in [3.63, 3.8) is 0 Å². The maximum absolute atomic E-state index is 10.6. The van der Waals surface area contributed by atoms with E-state index in [1.165, 1.54) is 24.8 Å². The molecule has 0 saturated heterocycles. The van der Waals surface area contributed by atoms with E-state index in [0.717, 1.165) is 16.9 Å². The highest BCUT2D eigenvalue weighted by atomic mass is 16.5. The fraction of sp³-hybridized carbons (Fsp3) is 0.368. The topological polar surface area (TPSA) is 29.5 Å². The lowest BCUT2D eigenvalue weighted by molar-refractivity contribution is 0.220. The van der Waals surface area contributed by atoms with Gasteiger partial charge in [0.05, 0.1) is 6.61 Å². The zero-order chi connectivity index (χ0) is 14.7. The van der Waals surface area contributed by atoms with Crippen molar-refractivity contribution in [1.29, 1.82) is 0 Å². The summed E-state index contributed by atoms with van der Waals surface area (Å²) in [5.74, 6) is 1.54. The minimum Gasteiger partial charge on any atom is -0.494 e. The number of ether oxygens (including phenoxy) is 1. The van der Waals surface area contributed by atoms with Gasteiger partial charge in [0.2, 0.25) is 0 Å². The second-order valence-electron chi connectivity index (χ2n) is 5.70. The minimum atomic E-state index is -0.569. The average molecular weight is 282 g/mol. The third kappa shape index (κ3) is 3.11. The summed E-state index contributed by atoms with van der Waals surface area (Å²) >= 11 is 0. The summed E-state index contributed by atoms with van der Waals surface area (Å²) < 4.78 is 5.44. The van der Waals surface area contributed by atoms with Crippen molar-refractivity contribution in [2.45, 2.75) is 38.2 Å². The molecule has 0 aliphatic heterocycles. The number of rotatable bonds is 5. The van der Waals surface area contributed by atoms with Gasteiger partial charge in [-0.05, 0) is 54.5 Å². The van der Waals surface area contributed by atoms with Crippen LogP contribution in [-0.4, -0.2) is 11.7 Å². The maximum Gasteiger partial charge on any atom is 0.119 e. The Morgan fingerprint density at radius 1 is 1.10 bits per heavy atom. The molecule has 0 spiro atoms. The predicted octanol–water partition coefficient (Wildman–Crippen LogP) is 4.43. The normalized spacial score (nSPS) is 16.3. The quantitative estimate of drug-likeness (QED) is 0.878. The number of aliphatic hydroxyl groups excluding tert-OH is 1. The summed E-state index contributed by atoms with van der Waals surface area (Å²) in [6, 6.07) is 16.1. The largest absolute Gasteiger partial charge is 0.494 e. The fourth-order valence-corrected chi connectivity index (χ4v) is 2.83.